The standard InChI is InChI=1S/C20H20N2O2S/c1-14(16-10-6-3-7-11-16)22-17-13-25-19(23)18(17)21(20(22)24)12-15-8-4-2-5-9-15/h2-11,14,17-18H,12-13H2,1H3/t14-,17+,18?/m1/s1. The van der Waals surface area contributed by atoms with Crippen molar-refractivity contribution in [3.05, 3.63) is 71.8 Å². The van der Waals surface area contributed by atoms with Crippen LogP contribution in [0, 0.1) is 0 Å². The molecule has 4 rings (SSSR count). The molecule has 0 aliphatic carbocycles. The summed E-state index contributed by atoms with van der Waals surface area (Å²) in [5.74, 6) is 0.678. The maximum atomic E-state index is 13.2. The minimum absolute atomic E-state index is 0.0381. The third-order valence-corrected chi connectivity index (χ3v) is 6.09. The lowest BCUT2D eigenvalue weighted by Gasteiger charge is -2.29. The van der Waals surface area contributed by atoms with Gasteiger partial charge in [-0.05, 0) is 18.1 Å². The van der Waals surface area contributed by atoms with Crippen molar-refractivity contribution in [3.8, 4) is 0 Å². The maximum Gasteiger partial charge on any atom is 0.321 e. The van der Waals surface area contributed by atoms with Gasteiger partial charge in [-0.15, -0.1) is 0 Å². The van der Waals surface area contributed by atoms with Crippen LogP contribution in [0.3, 0.4) is 0 Å². The van der Waals surface area contributed by atoms with Gasteiger partial charge in [0.05, 0.1) is 12.1 Å². The molecule has 0 bridgehead atoms. The van der Waals surface area contributed by atoms with E-state index >= 15 is 0 Å². The van der Waals surface area contributed by atoms with Crippen molar-refractivity contribution in [2.24, 2.45) is 0 Å². The van der Waals surface area contributed by atoms with Crippen molar-refractivity contribution < 1.29 is 9.59 Å². The highest BCUT2D eigenvalue weighted by molar-refractivity contribution is 8.14. The van der Waals surface area contributed by atoms with Crippen molar-refractivity contribution in [2.45, 2.75) is 31.6 Å². The largest absolute Gasteiger partial charge is 0.321 e. The van der Waals surface area contributed by atoms with Gasteiger partial charge in [0.2, 0.25) is 5.12 Å². The summed E-state index contributed by atoms with van der Waals surface area (Å²) in [5, 5.41) is 0.108. The zero-order valence-electron chi connectivity index (χ0n) is 14.0. The van der Waals surface area contributed by atoms with Crippen LogP contribution in [0.4, 0.5) is 4.79 Å². The number of hydrogen-bond donors (Lipinski definition) is 0. The topological polar surface area (TPSA) is 40.6 Å². The van der Waals surface area contributed by atoms with Crippen molar-refractivity contribution >= 4 is 22.9 Å². The first-order chi connectivity index (χ1) is 12.2. The van der Waals surface area contributed by atoms with Crippen LogP contribution in [-0.4, -0.2) is 38.8 Å². The van der Waals surface area contributed by atoms with Gasteiger partial charge < -0.3 is 9.80 Å². The van der Waals surface area contributed by atoms with Gasteiger partial charge in [-0.1, -0.05) is 72.4 Å². The van der Waals surface area contributed by atoms with E-state index in [1.165, 1.54) is 11.8 Å². The average Bonchev–Trinajstić information content (AvgIpc) is 3.14. The van der Waals surface area contributed by atoms with Gasteiger partial charge in [0.25, 0.3) is 0 Å². The van der Waals surface area contributed by atoms with Gasteiger partial charge in [0, 0.05) is 12.3 Å². The van der Waals surface area contributed by atoms with E-state index in [9.17, 15) is 9.59 Å². The molecular weight excluding hydrogens is 332 g/mol. The number of fused-ring (bicyclic) bond motifs is 1. The van der Waals surface area contributed by atoms with E-state index in [0.717, 1.165) is 11.1 Å². The zero-order valence-corrected chi connectivity index (χ0v) is 14.9. The Hall–Kier alpha value is -2.27. The fourth-order valence-electron chi connectivity index (χ4n) is 3.77. The molecule has 4 nitrogen and oxygen atoms in total. The van der Waals surface area contributed by atoms with Gasteiger partial charge in [-0.2, -0.15) is 0 Å². The zero-order chi connectivity index (χ0) is 17.4. The minimum Gasteiger partial charge on any atom is -0.311 e. The lowest BCUT2D eigenvalue weighted by atomic mass is 10.0. The number of thioether (sulfide) groups is 1. The van der Waals surface area contributed by atoms with E-state index in [4.69, 9.17) is 0 Å². The summed E-state index contributed by atoms with van der Waals surface area (Å²) in [6.45, 7) is 2.52. The molecule has 0 spiro atoms. The number of nitrogens with zero attached hydrogens (tertiary/aromatic N) is 2. The van der Waals surface area contributed by atoms with Crippen molar-refractivity contribution in [2.75, 3.05) is 5.75 Å². The van der Waals surface area contributed by atoms with Crippen LogP contribution in [-0.2, 0) is 11.3 Å². The molecule has 2 fully saturated rings. The highest BCUT2D eigenvalue weighted by Gasteiger charge is 2.54. The molecule has 0 saturated carbocycles. The SMILES string of the molecule is C[C@H](c1ccccc1)N1C(=O)N(Cc2ccccc2)C2C(=O)SC[C@@H]21. The molecule has 3 atom stereocenters. The Bertz CT molecular complexity index is 781. The first-order valence-corrected chi connectivity index (χ1v) is 9.50. The number of benzene rings is 2. The molecule has 2 amide bonds. The minimum atomic E-state index is -0.344. The second kappa shape index (κ2) is 6.56. The van der Waals surface area contributed by atoms with Crippen LogP contribution in [0.25, 0.3) is 0 Å². The lowest BCUT2D eigenvalue weighted by molar-refractivity contribution is -0.114. The van der Waals surface area contributed by atoms with Gasteiger partial charge in [0.15, 0.2) is 0 Å². The summed E-state index contributed by atoms with van der Waals surface area (Å²) < 4.78 is 0. The molecule has 1 unspecified atom stereocenters. The van der Waals surface area contributed by atoms with E-state index in [1.54, 1.807) is 4.90 Å². The Morgan fingerprint density at radius 3 is 2.36 bits per heavy atom. The van der Waals surface area contributed by atoms with Crippen molar-refractivity contribution in [1.29, 1.82) is 0 Å². The van der Waals surface area contributed by atoms with Crippen LogP contribution >= 0.6 is 11.8 Å². The Morgan fingerprint density at radius 1 is 1.04 bits per heavy atom. The second-order valence-electron chi connectivity index (χ2n) is 6.53. The number of urea groups is 1. The molecule has 5 heteroatoms. The number of rotatable bonds is 4. The Balaban J connectivity index is 1.65. The molecule has 2 aliphatic heterocycles. The smallest absolute Gasteiger partial charge is 0.311 e. The number of hydrogen-bond acceptors (Lipinski definition) is 3. The van der Waals surface area contributed by atoms with Gasteiger partial charge in [0.1, 0.15) is 6.04 Å². The molecule has 2 heterocycles. The van der Waals surface area contributed by atoms with E-state index < -0.39 is 0 Å². The predicted octanol–water partition coefficient (Wildman–Crippen LogP) is 3.70. The van der Waals surface area contributed by atoms with Crippen LogP contribution in [0.1, 0.15) is 24.1 Å². The Labute approximate surface area is 151 Å². The number of amides is 2. The lowest BCUT2D eigenvalue weighted by Crippen LogP contribution is -2.38. The third-order valence-electron chi connectivity index (χ3n) is 5.06. The third kappa shape index (κ3) is 2.82. The molecule has 25 heavy (non-hydrogen) atoms. The average molecular weight is 352 g/mol. The van der Waals surface area contributed by atoms with Crippen LogP contribution in [0.5, 0.6) is 0 Å². The van der Waals surface area contributed by atoms with E-state index in [2.05, 4.69) is 0 Å². The highest BCUT2D eigenvalue weighted by Crippen LogP contribution is 2.40. The van der Waals surface area contributed by atoms with E-state index in [0.29, 0.717) is 12.3 Å². The molecule has 128 valence electrons. The second-order valence-corrected chi connectivity index (χ2v) is 7.56. The number of carbonyl (C=O) groups excluding carboxylic acids is 2. The summed E-state index contributed by atoms with van der Waals surface area (Å²) >= 11 is 1.35. The fourth-order valence-corrected chi connectivity index (χ4v) is 4.90. The summed E-state index contributed by atoms with van der Waals surface area (Å²) in [4.78, 5) is 29.3. The first kappa shape index (κ1) is 16.2. The first-order valence-electron chi connectivity index (χ1n) is 8.51. The van der Waals surface area contributed by atoms with Crippen molar-refractivity contribution in [1.82, 2.24) is 9.80 Å². The molecule has 2 saturated heterocycles. The molecule has 0 radical (unpaired) electrons. The predicted molar refractivity (Wildman–Crippen MR) is 99.1 cm³/mol. The summed E-state index contributed by atoms with van der Waals surface area (Å²) in [5.41, 5.74) is 2.15. The normalized spacial score (nSPS) is 23.9. The quantitative estimate of drug-likeness (QED) is 0.788. The van der Waals surface area contributed by atoms with E-state index in [1.807, 2.05) is 72.5 Å². The monoisotopic (exact) mass is 352 g/mol. The van der Waals surface area contributed by atoms with Gasteiger partial charge in [-0.25, -0.2) is 4.79 Å². The fraction of sp³-hybridized carbons (Fsp3) is 0.300. The highest BCUT2D eigenvalue weighted by atomic mass is 32.2. The number of carbonyl (C=O) groups is 2. The molecular formula is C20H20N2O2S. The molecule has 0 N–H and O–H groups in total. The Kier molecular flexibility index (Phi) is 4.25. The van der Waals surface area contributed by atoms with Gasteiger partial charge in [-0.3, -0.25) is 4.79 Å². The van der Waals surface area contributed by atoms with Crippen LogP contribution in [0.2, 0.25) is 0 Å². The van der Waals surface area contributed by atoms with Crippen LogP contribution < -0.4 is 0 Å². The summed E-state index contributed by atoms with van der Waals surface area (Å²) in [6, 6.07) is 19.4. The Morgan fingerprint density at radius 2 is 1.68 bits per heavy atom. The maximum absolute atomic E-state index is 13.2. The molecule has 0 aromatic heterocycles. The summed E-state index contributed by atoms with van der Waals surface area (Å²) in [7, 11) is 0. The molecule has 2 aliphatic rings. The van der Waals surface area contributed by atoms with E-state index in [-0.39, 0.29) is 29.3 Å². The van der Waals surface area contributed by atoms with Gasteiger partial charge >= 0.3 is 6.03 Å². The van der Waals surface area contributed by atoms with Crippen molar-refractivity contribution in [3.63, 3.8) is 0 Å². The molecule has 2 aromatic carbocycles. The van der Waals surface area contributed by atoms with Crippen LogP contribution in [0.15, 0.2) is 60.7 Å². The summed E-state index contributed by atoms with van der Waals surface area (Å²) in [6.07, 6.45) is 0. The molecule has 2 aromatic rings.